The Labute approximate surface area is 114 Å². The Bertz CT molecular complexity index is 392. The maximum atomic E-state index is 12.6. The highest BCUT2D eigenvalue weighted by molar-refractivity contribution is 5.93. The van der Waals surface area contributed by atoms with Crippen molar-refractivity contribution in [1.29, 1.82) is 0 Å². The molecule has 0 saturated carbocycles. The Morgan fingerprint density at radius 2 is 2.16 bits per heavy atom. The van der Waals surface area contributed by atoms with Gasteiger partial charge in [0.15, 0.2) is 0 Å². The second-order valence-corrected chi connectivity index (χ2v) is 4.91. The summed E-state index contributed by atoms with van der Waals surface area (Å²) in [7, 11) is 2.09. The lowest BCUT2D eigenvalue weighted by Gasteiger charge is -2.20. The number of pyridine rings is 1. The molecule has 19 heavy (non-hydrogen) atoms. The van der Waals surface area contributed by atoms with Crippen molar-refractivity contribution in [1.82, 2.24) is 15.2 Å². The molecule has 0 bridgehead atoms. The highest BCUT2D eigenvalue weighted by atomic mass is 19.1. The highest BCUT2D eigenvalue weighted by Crippen LogP contribution is 2.00. The lowest BCUT2D eigenvalue weighted by molar-refractivity contribution is 0.0952. The van der Waals surface area contributed by atoms with E-state index in [9.17, 15) is 9.18 Å². The van der Waals surface area contributed by atoms with Gasteiger partial charge in [-0.25, -0.2) is 4.98 Å². The molecule has 0 aliphatic carbocycles. The number of hydrogen-bond donors (Lipinski definition) is 1. The predicted molar refractivity (Wildman–Crippen MR) is 73.5 cm³/mol. The first-order valence-electron chi connectivity index (χ1n) is 6.60. The Morgan fingerprint density at radius 3 is 2.74 bits per heavy atom. The zero-order valence-corrected chi connectivity index (χ0v) is 11.8. The van der Waals surface area contributed by atoms with Gasteiger partial charge in [0, 0.05) is 18.8 Å². The lowest BCUT2D eigenvalue weighted by atomic mass is 10.2. The van der Waals surface area contributed by atoms with Crippen molar-refractivity contribution in [3.8, 4) is 0 Å². The molecule has 4 nitrogen and oxygen atoms in total. The Balaban J connectivity index is 2.19. The van der Waals surface area contributed by atoms with Gasteiger partial charge < -0.3 is 10.2 Å². The van der Waals surface area contributed by atoms with E-state index in [1.165, 1.54) is 18.3 Å². The maximum absolute atomic E-state index is 12.6. The zero-order valence-electron chi connectivity index (χ0n) is 11.8. The molecule has 0 atom stereocenters. The minimum absolute atomic E-state index is 0.204. The number of carbonyl (C=O) groups excluding carboxylic acids is 1. The third-order valence-corrected chi connectivity index (χ3v) is 3.09. The van der Waals surface area contributed by atoms with Crippen LogP contribution in [0.3, 0.4) is 0 Å². The predicted octanol–water partition coefficient (Wildman–Crippen LogP) is 2.07. The normalized spacial score (nSPS) is 11.1. The van der Waals surface area contributed by atoms with Crippen molar-refractivity contribution >= 4 is 5.91 Å². The molecule has 1 N–H and O–H groups in total. The second-order valence-electron chi connectivity index (χ2n) is 4.91. The number of rotatable bonds is 7. The maximum Gasteiger partial charge on any atom is 0.252 e. The van der Waals surface area contributed by atoms with Crippen LogP contribution in [0.2, 0.25) is 0 Å². The molecule has 5 heteroatoms. The number of amides is 1. The molecule has 1 aromatic rings. The van der Waals surface area contributed by atoms with Gasteiger partial charge in [-0.2, -0.15) is 4.39 Å². The van der Waals surface area contributed by atoms with Gasteiger partial charge >= 0.3 is 0 Å². The van der Waals surface area contributed by atoms with Crippen LogP contribution in [-0.2, 0) is 0 Å². The quantitative estimate of drug-likeness (QED) is 0.607. The van der Waals surface area contributed by atoms with Crippen molar-refractivity contribution in [2.45, 2.75) is 32.7 Å². The molecular formula is C14H22FN3O. The van der Waals surface area contributed by atoms with E-state index in [2.05, 4.69) is 36.1 Å². The average Bonchev–Trinajstić information content (AvgIpc) is 2.38. The van der Waals surface area contributed by atoms with Crippen LogP contribution in [0.1, 0.15) is 37.0 Å². The monoisotopic (exact) mass is 267 g/mol. The summed E-state index contributed by atoms with van der Waals surface area (Å²) < 4.78 is 12.6. The molecule has 0 unspecified atom stereocenters. The van der Waals surface area contributed by atoms with Gasteiger partial charge in [-0.3, -0.25) is 4.79 Å². The summed E-state index contributed by atoms with van der Waals surface area (Å²) >= 11 is 0. The van der Waals surface area contributed by atoms with E-state index < -0.39 is 5.95 Å². The minimum Gasteiger partial charge on any atom is -0.352 e. The third-order valence-electron chi connectivity index (χ3n) is 3.09. The van der Waals surface area contributed by atoms with Gasteiger partial charge in [0.1, 0.15) is 0 Å². The number of aromatic nitrogens is 1. The molecule has 0 aromatic carbocycles. The molecule has 0 saturated heterocycles. The van der Waals surface area contributed by atoms with Crippen molar-refractivity contribution in [2.24, 2.45) is 0 Å². The van der Waals surface area contributed by atoms with Crippen LogP contribution < -0.4 is 5.32 Å². The van der Waals surface area contributed by atoms with Crippen LogP contribution in [0.25, 0.3) is 0 Å². The van der Waals surface area contributed by atoms with Gasteiger partial charge in [-0.15, -0.1) is 0 Å². The van der Waals surface area contributed by atoms with Crippen LogP contribution in [0.4, 0.5) is 4.39 Å². The van der Waals surface area contributed by atoms with Crippen LogP contribution >= 0.6 is 0 Å². The standard InChI is InChI=1S/C14H22FN3O/c1-11(2)18(3)9-5-4-8-16-14(19)12-6-7-13(15)17-10-12/h6-7,10-11H,4-5,8-9H2,1-3H3,(H,16,19). The number of carbonyl (C=O) groups is 1. The summed E-state index contributed by atoms with van der Waals surface area (Å²) in [5.41, 5.74) is 0.390. The number of unbranched alkanes of at least 4 members (excludes halogenated alkanes) is 1. The summed E-state index contributed by atoms with van der Waals surface area (Å²) in [6.45, 7) is 5.96. The van der Waals surface area contributed by atoms with E-state index in [0.29, 0.717) is 18.2 Å². The molecule has 1 aromatic heterocycles. The van der Waals surface area contributed by atoms with Crippen LogP contribution in [0.15, 0.2) is 18.3 Å². The zero-order chi connectivity index (χ0) is 14.3. The molecule has 1 amide bonds. The van der Waals surface area contributed by atoms with Crippen LogP contribution in [-0.4, -0.2) is 42.0 Å². The van der Waals surface area contributed by atoms with E-state index in [1.807, 2.05) is 0 Å². The first kappa shape index (κ1) is 15.6. The molecule has 1 rings (SSSR count). The van der Waals surface area contributed by atoms with Crippen LogP contribution in [0.5, 0.6) is 0 Å². The number of halogens is 1. The first-order valence-corrected chi connectivity index (χ1v) is 6.60. The van der Waals surface area contributed by atoms with Crippen molar-refractivity contribution < 1.29 is 9.18 Å². The largest absolute Gasteiger partial charge is 0.352 e. The topological polar surface area (TPSA) is 45.2 Å². The fourth-order valence-electron chi connectivity index (χ4n) is 1.56. The van der Waals surface area contributed by atoms with Gasteiger partial charge in [-0.1, -0.05) is 0 Å². The smallest absolute Gasteiger partial charge is 0.252 e. The number of nitrogens with zero attached hydrogens (tertiary/aromatic N) is 2. The Kier molecular flexibility index (Phi) is 6.42. The molecule has 0 fully saturated rings. The summed E-state index contributed by atoms with van der Waals surface area (Å²) in [5, 5.41) is 2.80. The third kappa shape index (κ3) is 5.79. The molecule has 0 aliphatic rings. The molecule has 1 heterocycles. The average molecular weight is 267 g/mol. The van der Waals surface area contributed by atoms with Crippen LogP contribution in [0, 0.1) is 5.95 Å². The Morgan fingerprint density at radius 1 is 1.42 bits per heavy atom. The van der Waals surface area contributed by atoms with Gasteiger partial charge in [-0.05, 0) is 52.4 Å². The van der Waals surface area contributed by atoms with Gasteiger partial charge in [0.25, 0.3) is 5.91 Å². The van der Waals surface area contributed by atoms with E-state index >= 15 is 0 Å². The number of nitrogens with one attached hydrogen (secondary N) is 1. The molecule has 0 radical (unpaired) electrons. The van der Waals surface area contributed by atoms with Crippen molar-refractivity contribution in [3.05, 3.63) is 29.8 Å². The number of hydrogen-bond acceptors (Lipinski definition) is 3. The second kappa shape index (κ2) is 7.84. The lowest BCUT2D eigenvalue weighted by Crippen LogP contribution is -2.29. The van der Waals surface area contributed by atoms with E-state index in [0.717, 1.165) is 19.4 Å². The van der Waals surface area contributed by atoms with Crippen molar-refractivity contribution in [2.75, 3.05) is 20.1 Å². The minimum atomic E-state index is -0.576. The SMILES string of the molecule is CC(C)N(C)CCCCNC(=O)c1ccc(F)nc1. The summed E-state index contributed by atoms with van der Waals surface area (Å²) in [4.78, 5) is 17.4. The van der Waals surface area contributed by atoms with E-state index in [1.54, 1.807) is 0 Å². The molecule has 0 spiro atoms. The first-order chi connectivity index (χ1) is 9.00. The van der Waals surface area contributed by atoms with E-state index in [-0.39, 0.29) is 5.91 Å². The van der Waals surface area contributed by atoms with Gasteiger partial charge in [0.2, 0.25) is 5.95 Å². The summed E-state index contributed by atoms with van der Waals surface area (Å²) in [6.07, 6.45) is 3.21. The highest BCUT2D eigenvalue weighted by Gasteiger charge is 2.06. The Hall–Kier alpha value is -1.49. The fourth-order valence-corrected chi connectivity index (χ4v) is 1.56. The fraction of sp³-hybridized carbons (Fsp3) is 0.571. The summed E-state index contributed by atoms with van der Waals surface area (Å²) in [6, 6.07) is 3.16. The molecule has 106 valence electrons. The molecule has 0 aliphatic heterocycles. The van der Waals surface area contributed by atoms with E-state index in [4.69, 9.17) is 0 Å². The van der Waals surface area contributed by atoms with Gasteiger partial charge in [0.05, 0.1) is 5.56 Å². The van der Waals surface area contributed by atoms with Crippen molar-refractivity contribution in [3.63, 3.8) is 0 Å². The molecular weight excluding hydrogens is 245 g/mol. The summed E-state index contributed by atoms with van der Waals surface area (Å²) in [5.74, 6) is -0.780.